The summed E-state index contributed by atoms with van der Waals surface area (Å²) in [6.45, 7) is 0. The fraction of sp³-hybridized carbons (Fsp3) is 0.0909. The number of ether oxygens (including phenoxy) is 2. The lowest BCUT2D eigenvalue weighted by atomic mass is 10.3. The molecule has 0 amide bonds. The largest absolute Gasteiger partial charge is 0.493 e. The van der Waals surface area contributed by atoms with Crippen molar-refractivity contribution in [2.24, 2.45) is 0 Å². The smallest absolute Gasteiger partial charge is 0.311 e. The Morgan fingerprint density at radius 1 is 1.35 bits per heavy atom. The van der Waals surface area contributed by atoms with Crippen LogP contribution in [0.1, 0.15) is 0 Å². The number of methoxy groups -OCH3 is 1. The molecular weight excluding hydrogens is 222 g/mol. The number of H-pyrrole nitrogens is 1. The van der Waals surface area contributed by atoms with Gasteiger partial charge in [0, 0.05) is 24.1 Å². The van der Waals surface area contributed by atoms with Crippen molar-refractivity contribution in [1.82, 2.24) is 9.97 Å². The lowest BCUT2D eigenvalue weighted by Gasteiger charge is -2.09. The first-order valence-corrected chi connectivity index (χ1v) is 4.86. The van der Waals surface area contributed by atoms with E-state index in [1.807, 2.05) is 0 Å². The van der Waals surface area contributed by atoms with Crippen molar-refractivity contribution >= 4 is 5.69 Å². The molecule has 0 radical (unpaired) electrons. The van der Waals surface area contributed by atoms with Crippen LogP contribution in [0.5, 0.6) is 17.4 Å². The highest BCUT2D eigenvalue weighted by Gasteiger charge is 2.09. The minimum Gasteiger partial charge on any atom is -0.493 e. The molecule has 1 heterocycles. The molecule has 6 nitrogen and oxygen atoms in total. The Labute approximate surface area is 97.0 Å². The molecule has 0 saturated carbocycles. The summed E-state index contributed by atoms with van der Waals surface area (Å²) in [6.07, 6.45) is 2.86. The quantitative estimate of drug-likeness (QED) is 0.776. The SMILES string of the molecule is COc1cc(N)ccc1Oc1ncc[nH]c1=O. The number of nitrogen functional groups attached to an aromatic ring is 1. The summed E-state index contributed by atoms with van der Waals surface area (Å²) in [5.41, 5.74) is 5.74. The van der Waals surface area contributed by atoms with E-state index in [1.54, 1.807) is 18.2 Å². The highest BCUT2D eigenvalue weighted by atomic mass is 16.5. The second-order valence-corrected chi connectivity index (χ2v) is 3.24. The van der Waals surface area contributed by atoms with Gasteiger partial charge in [-0.15, -0.1) is 0 Å². The Morgan fingerprint density at radius 3 is 2.88 bits per heavy atom. The summed E-state index contributed by atoms with van der Waals surface area (Å²) in [7, 11) is 1.49. The van der Waals surface area contributed by atoms with Gasteiger partial charge in [-0.1, -0.05) is 0 Å². The summed E-state index contributed by atoms with van der Waals surface area (Å²) >= 11 is 0. The zero-order chi connectivity index (χ0) is 12.3. The Kier molecular flexibility index (Phi) is 2.95. The van der Waals surface area contributed by atoms with Crippen molar-refractivity contribution in [3.63, 3.8) is 0 Å². The first-order valence-electron chi connectivity index (χ1n) is 4.86. The minimum atomic E-state index is -0.411. The standard InChI is InChI=1S/C11H11N3O3/c1-16-9-6-7(12)2-3-8(9)17-11-10(15)13-4-5-14-11/h2-6H,12H2,1H3,(H,13,15). The van der Waals surface area contributed by atoms with Gasteiger partial charge < -0.3 is 20.2 Å². The van der Waals surface area contributed by atoms with Gasteiger partial charge in [0.2, 0.25) is 0 Å². The van der Waals surface area contributed by atoms with Crippen LogP contribution in [0.4, 0.5) is 5.69 Å². The molecule has 0 unspecified atom stereocenters. The highest BCUT2D eigenvalue weighted by molar-refractivity contribution is 5.52. The molecule has 1 aromatic heterocycles. The molecule has 0 atom stereocenters. The van der Waals surface area contributed by atoms with Crippen LogP contribution in [0.15, 0.2) is 35.4 Å². The fourth-order valence-electron chi connectivity index (χ4n) is 1.28. The molecule has 0 bridgehead atoms. The second-order valence-electron chi connectivity index (χ2n) is 3.24. The molecule has 0 fully saturated rings. The van der Waals surface area contributed by atoms with Crippen LogP contribution in [-0.4, -0.2) is 17.1 Å². The van der Waals surface area contributed by atoms with Crippen LogP contribution in [0.25, 0.3) is 0 Å². The molecule has 0 aliphatic carbocycles. The van der Waals surface area contributed by atoms with E-state index in [2.05, 4.69) is 9.97 Å². The third kappa shape index (κ3) is 2.36. The van der Waals surface area contributed by atoms with E-state index >= 15 is 0 Å². The second kappa shape index (κ2) is 4.56. The summed E-state index contributed by atoms with van der Waals surface area (Å²) < 4.78 is 10.4. The van der Waals surface area contributed by atoms with Crippen LogP contribution in [0.2, 0.25) is 0 Å². The summed E-state index contributed by atoms with van der Waals surface area (Å²) in [5, 5.41) is 0. The van der Waals surface area contributed by atoms with Crippen molar-refractivity contribution in [1.29, 1.82) is 0 Å². The van der Waals surface area contributed by atoms with Crippen molar-refractivity contribution in [2.75, 3.05) is 12.8 Å². The minimum absolute atomic E-state index is 0.0458. The van der Waals surface area contributed by atoms with E-state index in [1.165, 1.54) is 19.5 Å². The number of aromatic nitrogens is 2. The Balaban J connectivity index is 2.36. The number of hydrogen-bond acceptors (Lipinski definition) is 5. The average molecular weight is 233 g/mol. The predicted octanol–water partition coefficient (Wildman–Crippen LogP) is 1.15. The summed E-state index contributed by atoms with van der Waals surface area (Å²) in [5.74, 6) is 0.775. The van der Waals surface area contributed by atoms with E-state index < -0.39 is 5.56 Å². The number of rotatable bonds is 3. The molecule has 3 N–H and O–H groups in total. The molecule has 17 heavy (non-hydrogen) atoms. The maximum atomic E-state index is 11.4. The topological polar surface area (TPSA) is 90.2 Å². The number of anilines is 1. The third-order valence-corrected chi connectivity index (χ3v) is 2.07. The number of nitrogens with two attached hydrogens (primary N) is 1. The first-order chi connectivity index (χ1) is 8.20. The Morgan fingerprint density at radius 2 is 2.18 bits per heavy atom. The first kappa shape index (κ1) is 11.0. The molecule has 2 aromatic rings. The molecule has 0 spiro atoms. The predicted molar refractivity (Wildman–Crippen MR) is 62.3 cm³/mol. The van der Waals surface area contributed by atoms with Gasteiger partial charge in [-0.3, -0.25) is 4.79 Å². The van der Waals surface area contributed by atoms with Crippen LogP contribution in [-0.2, 0) is 0 Å². The van der Waals surface area contributed by atoms with Crippen LogP contribution >= 0.6 is 0 Å². The van der Waals surface area contributed by atoms with Gasteiger partial charge in [0.25, 0.3) is 5.88 Å². The highest BCUT2D eigenvalue weighted by Crippen LogP contribution is 2.31. The normalized spacial score (nSPS) is 9.94. The van der Waals surface area contributed by atoms with Crippen molar-refractivity contribution in [2.45, 2.75) is 0 Å². The molecule has 1 aromatic carbocycles. The van der Waals surface area contributed by atoms with Gasteiger partial charge in [-0.05, 0) is 12.1 Å². The van der Waals surface area contributed by atoms with Crippen molar-refractivity contribution < 1.29 is 9.47 Å². The molecule has 6 heteroatoms. The lowest BCUT2D eigenvalue weighted by molar-refractivity contribution is 0.372. The number of benzene rings is 1. The van der Waals surface area contributed by atoms with E-state index in [4.69, 9.17) is 15.2 Å². The van der Waals surface area contributed by atoms with Crippen LogP contribution in [0, 0.1) is 0 Å². The van der Waals surface area contributed by atoms with Gasteiger partial charge in [0.15, 0.2) is 11.5 Å². The zero-order valence-electron chi connectivity index (χ0n) is 9.14. The van der Waals surface area contributed by atoms with E-state index in [0.717, 1.165) is 0 Å². The molecular formula is C11H11N3O3. The van der Waals surface area contributed by atoms with Crippen molar-refractivity contribution in [3.05, 3.63) is 40.9 Å². The average Bonchev–Trinajstić information content (AvgIpc) is 2.34. The number of nitrogens with one attached hydrogen (secondary N) is 1. The summed E-state index contributed by atoms with van der Waals surface area (Å²) in [6, 6.07) is 4.86. The third-order valence-electron chi connectivity index (χ3n) is 2.07. The van der Waals surface area contributed by atoms with Crippen LogP contribution < -0.4 is 20.8 Å². The summed E-state index contributed by atoms with van der Waals surface area (Å²) in [4.78, 5) is 17.7. The maximum absolute atomic E-state index is 11.4. The molecule has 0 saturated heterocycles. The van der Waals surface area contributed by atoms with Crippen LogP contribution in [0.3, 0.4) is 0 Å². The lowest BCUT2D eigenvalue weighted by Crippen LogP contribution is -2.09. The zero-order valence-corrected chi connectivity index (χ0v) is 9.14. The number of nitrogens with zero attached hydrogens (tertiary/aromatic N) is 1. The molecule has 88 valence electrons. The Bertz CT molecular complexity index is 580. The van der Waals surface area contributed by atoms with Gasteiger partial charge >= 0.3 is 5.56 Å². The Hall–Kier alpha value is -2.50. The monoisotopic (exact) mass is 233 g/mol. The van der Waals surface area contributed by atoms with Gasteiger partial charge in [0.1, 0.15) is 0 Å². The van der Waals surface area contributed by atoms with E-state index in [-0.39, 0.29) is 5.88 Å². The van der Waals surface area contributed by atoms with E-state index in [0.29, 0.717) is 17.2 Å². The molecule has 0 aliphatic rings. The van der Waals surface area contributed by atoms with Gasteiger partial charge in [0.05, 0.1) is 7.11 Å². The number of hydrogen-bond donors (Lipinski definition) is 2. The molecule has 2 rings (SSSR count). The van der Waals surface area contributed by atoms with E-state index in [9.17, 15) is 4.79 Å². The maximum Gasteiger partial charge on any atom is 0.311 e. The van der Waals surface area contributed by atoms with Crippen molar-refractivity contribution in [3.8, 4) is 17.4 Å². The fourth-order valence-corrected chi connectivity index (χ4v) is 1.28. The van der Waals surface area contributed by atoms with Gasteiger partial charge in [-0.25, -0.2) is 4.98 Å². The molecule has 0 aliphatic heterocycles. The van der Waals surface area contributed by atoms with Gasteiger partial charge in [-0.2, -0.15) is 0 Å². The number of aromatic amines is 1.